The maximum absolute atomic E-state index is 12.6. The Balaban J connectivity index is 1.35. The van der Waals surface area contributed by atoms with E-state index < -0.39 is 35.5 Å². The summed E-state index contributed by atoms with van der Waals surface area (Å²) in [6.07, 6.45) is 1.32. The average Bonchev–Trinajstić information content (AvgIpc) is 3.03. The standard InChI is InChI=1S/C31H29Cl2N5O9/c1-4-45-30(40)27-17(2)35-31(41)36-28(27)20-8-9-24(25(13-20)44-3)46-16-26(39)37-34-14-19-11-22(32)29(23(33)12-19)47-15-18-6-5-7-21(10-18)38(42)43/h5-14,28H,4,15-16H2,1-3H3,(H,37,39)(H2,35,36,41)/b34-14-/t28-/m0/s1. The highest BCUT2D eigenvalue weighted by Crippen LogP contribution is 2.36. The molecule has 16 heteroatoms. The van der Waals surface area contributed by atoms with Crippen molar-refractivity contribution in [1.82, 2.24) is 16.1 Å². The predicted octanol–water partition coefficient (Wildman–Crippen LogP) is 5.21. The summed E-state index contributed by atoms with van der Waals surface area (Å²) in [5.41, 5.74) is 4.41. The van der Waals surface area contributed by atoms with Crippen LogP contribution in [0.25, 0.3) is 0 Å². The van der Waals surface area contributed by atoms with E-state index in [0.717, 1.165) is 0 Å². The van der Waals surface area contributed by atoms with Gasteiger partial charge in [-0.15, -0.1) is 0 Å². The molecule has 246 valence electrons. The van der Waals surface area contributed by atoms with Gasteiger partial charge in [-0.05, 0) is 54.8 Å². The van der Waals surface area contributed by atoms with Gasteiger partial charge in [0.05, 0.1) is 46.5 Å². The van der Waals surface area contributed by atoms with E-state index in [2.05, 4.69) is 21.2 Å². The van der Waals surface area contributed by atoms with Crippen LogP contribution in [0.2, 0.25) is 10.0 Å². The first-order chi connectivity index (χ1) is 22.5. The molecule has 1 heterocycles. The van der Waals surface area contributed by atoms with Gasteiger partial charge in [0.2, 0.25) is 0 Å². The fourth-order valence-electron chi connectivity index (χ4n) is 4.47. The number of nitro benzene ring substituents is 1. The number of carbonyl (C=O) groups is 3. The number of esters is 1. The minimum atomic E-state index is -0.807. The number of nitrogens with zero attached hydrogens (tertiary/aromatic N) is 2. The van der Waals surface area contributed by atoms with Crippen LogP contribution >= 0.6 is 23.2 Å². The SMILES string of the molecule is CCOC(=O)C1=C(C)NC(=O)N[C@H]1c1ccc(OCC(=O)N/N=C\c2cc(Cl)c(OCc3cccc([N+](=O)[O-])c3)c(Cl)c2)c(OC)c1. The molecule has 0 aromatic heterocycles. The zero-order valence-electron chi connectivity index (χ0n) is 25.3. The van der Waals surface area contributed by atoms with E-state index in [0.29, 0.717) is 22.4 Å². The van der Waals surface area contributed by atoms with Crippen LogP contribution in [0.5, 0.6) is 17.2 Å². The fourth-order valence-corrected chi connectivity index (χ4v) is 5.08. The molecule has 0 bridgehead atoms. The second-order valence-electron chi connectivity index (χ2n) is 9.81. The van der Waals surface area contributed by atoms with Crippen LogP contribution < -0.4 is 30.3 Å². The predicted molar refractivity (Wildman–Crippen MR) is 172 cm³/mol. The molecular formula is C31H29Cl2N5O9. The number of hydrogen-bond donors (Lipinski definition) is 3. The number of allylic oxidation sites excluding steroid dienone is 1. The summed E-state index contributed by atoms with van der Waals surface area (Å²) in [5, 5.41) is 20.5. The van der Waals surface area contributed by atoms with E-state index in [-0.39, 0.29) is 51.8 Å². The van der Waals surface area contributed by atoms with Crippen molar-refractivity contribution in [2.75, 3.05) is 20.3 Å². The second-order valence-corrected chi connectivity index (χ2v) is 10.6. The van der Waals surface area contributed by atoms with Crippen molar-refractivity contribution in [3.8, 4) is 17.2 Å². The normalized spacial score (nSPS) is 14.2. The molecule has 1 atom stereocenters. The van der Waals surface area contributed by atoms with E-state index in [1.807, 2.05) is 0 Å². The quantitative estimate of drug-likeness (QED) is 0.0942. The van der Waals surface area contributed by atoms with Crippen molar-refractivity contribution in [1.29, 1.82) is 0 Å². The Bertz CT molecular complexity index is 1740. The van der Waals surface area contributed by atoms with Crippen molar-refractivity contribution < 1.29 is 38.3 Å². The molecule has 4 rings (SSSR count). The minimum absolute atomic E-state index is 0.00189. The molecule has 3 N–H and O–H groups in total. The lowest BCUT2D eigenvalue weighted by Gasteiger charge is -2.28. The Morgan fingerprint density at radius 3 is 2.51 bits per heavy atom. The number of methoxy groups -OCH3 is 1. The first-order valence-electron chi connectivity index (χ1n) is 13.9. The summed E-state index contributed by atoms with van der Waals surface area (Å²) in [5.74, 6) is -0.501. The summed E-state index contributed by atoms with van der Waals surface area (Å²) in [6, 6.07) is 12.5. The lowest BCUT2D eigenvalue weighted by molar-refractivity contribution is -0.384. The lowest BCUT2D eigenvalue weighted by Crippen LogP contribution is -2.45. The van der Waals surface area contributed by atoms with Crippen LogP contribution in [0.4, 0.5) is 10.5 Å². The van der Waals surface area contributed by atoms with Crippen LogP contribution in [-0.4, -0.2) is 49.4 Å². The number of hydrogen-bond acceptors (Lipinski definition) is 10. The summed E-state index contributed by atoms with van der Waals surface area (Å²) in [6.45, 7) is 3.02. The molecule has 14 nitrogen and oxygen atoms in total. The smallest absolute Gasteiger partial charge is 0.338 e. The van der Waals surface area contributed by atoms with Crippen LogP contribution in [-0.2, 0) is 20.9 Å². The van der Waals surface area contributed by atoms with Crippen molar-refractivity contribution in [2.45, 2.75) is 26.5 Å². The van der Waals surface area contributed by atoms with Gasteiger partial charge >= 0.3 is 12.0 Å². The molecule has 0 saturated heterocycles. The van der Waals surface area contributed by atoms with Crippen LogP contribution in [0.3, 0.4) is 0 Å². The molecule has 1 aliphatic rings. The zero-order chi connectivity index (χ0) is 34.1. The maximum atomic E-state index is 12.6. The summed E-state index contributed by atoms with van der Waals surface area (Å²) >= 11 is 12.7. The molecule has 0 saturated carbocycles. The number of rotatable bonds is 13. The van der Waals surface area contributed by atoms with Crippen molar-refractivity contribution in [2.24, 2.45) is 5.10 Å². The maximum Gasteiger partial charge on any atom is 0.338 e. The second kappa shape index (κ2) is 15.8. The third kappa shape index (κ3) is 8.89. The van der Waals surface area contributed by atoms with E-state index in [1.54, 1.807) is 44.2 Å². The molecule has 3 amide bonds. The number of urea groups is 1. The molecule has 3 aromatic rings. The number of hydrazone groups is 1. The van der Waals surface area contributed by atoms with Gasteiger partial charge in [0.15, 0.2) is 23.9 Å². The summed E-state index contributed by atoms with van der Waals surface area (Å²) in [4.78, 5) is 47.7. The van der Waals surface area contributed by atoms with Gasteiger partial charge in [0, 0.05) is 17.8 Å². The van der Waals surface area contributed by atoms with E-state index in [4.69, 9.17) is 42.1 Å². The van der Waals surface area contributed by atoms with Crippen LogP contribution in [0, 0.1) is 10.1 Å². The third-order valence-electron chi connectivity index (χ3n) is 6.57. The fraction of sp³-hybridized carbons (Fsp3) is 0.226. The molecule has 0 radical (unpaired) electrons. The van der Waals surface area contributed by atoms with Crippen molar-refractivity contribution >= 4 is 53.0 Å². The van der Waals surface area contributed by atoms with Crippen molar-refractivity contribution in [3.63, 3.8) is 0 Å². The Morgan fingerprint density at radius 1 is 1.09 bits per heavy atom. The first-order valence-corrected chi connectivity index (χ1v) is 14.7. The molecule has 3 aromatic carbocycles. The van der Waals surface area contributed by atoms with Gasteiger partial charge < -0.3 is 29.6 Å². The number of amides is 3. The van der Waals surface area contributed by atoms with E-state index in [1.165, 1.54) is 37.6 Å². The lowest BCUT2D eigenvalue weighted by atomic mass is 9.95. The summed E-state index contributed by atoms with van der Waals surface area (Å²) < 4.78 is 21.9. The first kappa shape index (κ1) is 34.5. The number of carbonyl (C=O) groups excluding carboxylic acids is 3. The molecule has 0 unspecified atom stereocenters. The monoisotopic (exact) mass is 685 g/mol. The number of nitrogens with one attached hydrogen (secondary N) is 3. The Labute approximate surface area is 278 Å². The topological polar surface area (TPSA) is 180 Å². The summed E-state index contributed by atoms with van der Waals surface area (Å²) in [7, 11) is 1.41. The Morgan fingerprint density at radius 2 is 1.83 bits per heavy atom. The number of halogens is 2. The number of benzene rings is 3. The molecule has 1 aliphatic heterocycles. The number of ether oxygens (including phenoxy) is 4. The molecule has 47 heavy (non-hydrogen) atoms. The van der Waals surface area contributed by atoms with E-state index in [9.17, 15) is 24.5 Å². The van der Waals surface area contributed by atoms with Gasteiger partial charge in [-0.3, -0.25) is 14.9 Å². The largest absolute Gasteiger partial charge is 0.493 e. The molecular weight excluding hydrogens is 657 g/mol. The Hall–Kier alpha value is -5.34. The highest BCUT2D eigenvalue weighted by Gasteiger charge is 2.32. The van der Waals surface area contributed by atoms with Gasteiger partial charge in [-0.25, -0.2) is 15.0 Å². The van der Waals surface area contributed by atoms with Gasteiger partial charge in [-0.1, -0.05) is 41.4 Å². The number of nitro groups is 1. The van der Waals surface area contributed by atoms with Crippen molar-refractivity contribution in [3.05, 3.63) is 103 Å². The molecule has 0 aliphatic carbocycles. The average molecular weight is 687 g/mol. The van der Waals surface area contributed by atoms with Crippen LogP contribution in [0.1, 0.15) is 36.6 Å². The Kier molecular flexibility index (Phi) is 11.6. The minimum Gasteiger partial charge on any atom is -0.493 e. The van der Waals surface area contributed by atoms with Gasteiger partial charge in [-0.2, -0.15) is 5.10 Å². The third-order valence-corrected chi connectivity index (χ3v) is 7.13. The van der Waals surface area contributed by atoms with Crippen LogP contribution in [0.15, 0.2) is 71.0 Å². The van der Waals surface area contributed by atoms with E-state index >= 15 is 0 Å². The highest BCUT2D eigenvalue weighted by molar-refractivity contribution is 6.37. The zero-order valence-corrected chi connectivity index (χ0v) is 26.8. The number of non-ortho nitro benzene ring substituents is 1. The molecule has 0 fully saturated rings. The van der Waals surface area contributed by atoms with Gasteiger partial charge in [0.1, 0.15) is 6.61 Å². The highest BCUT2D eigenvalue weighted by atomic mass is 35.5. The molecule has 0 spiro atoms. The van der Waals surface area contributed by atoms with Gasteiger partial charge in [0.25, 0.3) is 11.6 Å².